The van der Waals surface area contributed by atoms with Crippen molar-refractivity contribution in [3.63, 3.8) is 0 Å². The van der Waals surface area contributed by atoms with Crippen LogP contribution in [0.3, 0.4) is 0 Å². The van der Waals surface area contributed by atoms with Crippen LogP contribution in [0.2, 0.25) is 0 Å². The SMILES string of the molecule is CC(C)(C)OC(=O)N[C@@H](CO)C(=O)NNC(=O)c1ccc(OC(F)(F)F)cc1. The number of benzene rings is 1. The first kappa shape index (κ1) is 23.0. The zero-order chi connectivity index (χ0) is 21.5. The van der Waals surface area contributed by atoms with Crippen LogP contribution in [0.5, 0.6) is 5.75 Å². The summed E-state index contributed by atoms with van der Waals surface area (Å²) >= 11 is 0. The van der Waals surface area contributed by atoms with Crippen molar-refractivity contribution >= 4 is 17.9 Å². The maximum atomic E-state index is 12.1. The molecule has 28 heavy (non-hydrogen) atoms. The highest BCUT2D eigenvalue weighted by Gasteiger charge is 2.31. The molecule has 0 bridgehead atoms. The second-order valence-corrected chi connectivity index (χ2v) is 6.40. The lowest BCUT2D eigenvalue weighted by Gasteiger charge is -2.22. The molecule has 3 amide bonds. The summed E-state index contributed by atoms with van der Waals surface area (Å²) in [6.07, 6.45) is -5.81. The van der Waals surface area contributed by atoms with E-state index >= 15 is 0 Å². The monoisotopic (exact) mass is 407 g/mol. The number of hydrogen-bond donors (Lipinski definition) is 4. The largest absolute Gasteiger partial charge is 0.573 e. The van der Waals surface area contributed by atoms with Gasteiger partial charge in [-0.25, -0.2) is 4.79 Å². The molecule has 0 aliphatic heterocycles. The first-order chi connectivity index (χ1) is 12.8. The predicted octanol–water partition coefficient (Wildman–Crippen LogP) is 1.23. The zero-order valence-corrected chi connectivity index (χ0v) is 15.2. The van der Waals surface area contributed by atoms with Gasteiger partial charge in [0.15, 0.2) is 0 Å². The van der Waals surface area contributed by atoms with E-state index < -0.39 is 48.3 Å². The number of carbonyl (C=O) groups is 3. The highest BCUT2D eigenvalue weighted by Crippen LogP contribution is 2.22. The van der Waals surface area contributed by atoms with Gasteiger partial charge in [-0.3, -0.25) is 20.4 Å². The van der Waals surface area contributed by atoms with Gasteiger partial charge in [0, 0.05) is 5.56 Å². The van der Waals surface area contributed by atoms with E-state index in [9.17, 15) is 32.7 Å². The summed E-state index contributed by atoms with van der Waals surface area (Å²) in [4.78, 5) is 35.4. The van der Waals surface area contributed by atoms with Crippen LogP contribution in [-0.4, -0.2) is 47.6 Å². The van der Waals surface area contributed by atoms with Crippen molar-refractivity contribution in [3.8, 4) is 5.75 Å². The fourth-order valence-electron chi connectivity index (χ4n) is 1.73. The molecular formula is C16H20F3N3O6. The number of nitrogens with one attached hydrogen (secondary N) is 3. The van der Waals surface area contributed by atoms with Gasteiger partial charge >= 0.3 is 12.5 Å². The van der Waals surface area contributed by atoms with E-state index in [-0.39, 0.29) is 5.56 Å². The Morgan fingerprint density at radius 3 is 2.11 bits per heavy atom. The first-order valence-electron chi connectivity index (χ1n) is 7.87. The summed E-state index contributed by atoms with van der Waals surface area (Å²) < 4.78 is 44.9. The third-order valence-electron chi connectivity index (χ3n) is 2.84. The standard InChI is InChI=1S/C16H20F3N3O6/c1-15(2,3)28-14(26)20-11(8-23)13(25)22-21-12(24)9-4-6-10(7-5-9)27-16(17,18)19/h4-7,11,23H,8H2,1-3H3,(H,20,26)(H,21,24)(H,22,25)/t11-/m0/s1. The summed E-state index contributed by atoms with van der Waals surface area (Å²) in [5.74, 6) is -2.31. The van der Waals surface area contributed by atoms with Gasteiger partial charge < -0.3 is 19.9 Å². The highest BCUT2D eigenvalue weighted by molar-refractivity contribution is 5.96. The van der Waals surface area contributed by atoms with E-state index in [1.165, 1.54) is 0 Å². The van der Waals surface area contributed by atoms with Crippen molar-refractivity contribution < 1.29 is 42.1 Å². The topological polar surface area (TPSA) is 126 Å². The summed E-state index contributed by atoms with van der Waals surface area (Å²) in [5.41, 5.74) is 3.07. The molecule has 9 nitrogen and oxygen atoms in total. The molecule has 0 aliphatic rings. The molecule has 12 heteroatoms. The van der Waals surface area contributed by atoms with E-state index in [4.69, 9.17) is 4.74 Å². The van der Waals surface area contributed by atoms with Crippen molar-refractivity contribution in [1.29, 1.82) is 0 Å². The Balaban J connectivity index is 2.58. The molecule has 1 atom stereocenters. The molecule has 0 fully saturated rings. The fourth-order valence-corrected chi connectivity index (χ4v) is 1.73. The number of carbonyl (C=O) groups excluding carboxylic acids is 3. The first-order valence-corrected chi connectivity index (χ1v) is 7.87. The van der Waals surface area contributed by atoms with Gasteiger partial charge in [-0.05, 0) is 45.0 Å². The molecule has 1 aromatic carbocycles. The Kier molecular flexibility index (Phi) is 7.61. The van der Waals surface area contributed by atoms with Gasteiger partial charge in [-0.1, -0.05) is 0 Å². The Bertz CT molecular complexity index is 701. The van der Waals surface area contributed by atoms with Gasteiger partial charge in [0.1, 0.15) is 17.4 Å². The molecule has 4 N–H and O–H groups in total. The third kappa shape index (κ3) is 8.58. The number of aliphatic hydroxyl groups excluding tert-OH is 1. The third-order valence-corrected chi connectivity index (χ3v) is 2.84. The van der Waals surface area contributed by atoms with E-state index in [0.717, 1.165) is 24.3 Å². The summed E-state index contributed by atoms with van der Waals surface area (Å²) in [6.45, 7) is 4.04. The molecule has 0 saturated carbocycles. The van der Waals surface area contributed by atoms with E-state index in [0.29, 0.717) is 0 Å². The minimum Gasteiger partial charge on any atom is -0.444 e. The number of halogens is 3. The van der Waals surface area contributed by atoms with Crippen molar-refractivity contribution in [2.45, 2.75) is 38.8 Å². The van der Waals surface area contributed by atoms with Crippen LogP contribution in [0.4, 0.5) is 18.0 Å². The van der Waals surface area contributed by atoms with Gasteiger partial charge in [-0.15, -0.1) is 13.2 Å². The molecule has 0 aromatic heterocycles. The fraction of sp³-hybridized carbons (Fsp3) is 0.438. The smallest absolute Gasteiger partial charge is 0.444 e. The second-order valence-electron chi connectivity index (χ2n) is 6.40. The summed E-state index contributed by atoms with van der Waals surface area (Å²) in [5, 5.41) is 11.3. The summed E-state index contributed by atoms with van der Waals surface area (Å²) in [6, 6.07) is 2.53. The predicted molar refractivity (Wildman–Crippen MR) is 89.0 cm³/mol. The van der Waals surface area contributed by atoms with Crippen molar-refractivity contribution in [3.05, 3.63) is 29.8 Å². The average Bonchev–Trinajstić information content (AvgIpc) is 2.54. The lowest BCUT2D eigenvalue weighted by atomic mass is 10.2. The quantitative estimate of drug-likeness (QED) is 0.544. The molecule has 0 radical (unpaired) electrons. The maximum Gasteiger partial charge on any atom is 0.573 e. The molecule has 1 aromatic rings. The van der Waals surface area contributed by atoms with Crippen molar-refractivity contribution in [2.24, 2.45) is 0 Å². The molecule has 0 aliphatic carbocycles. The average molecular weight is 407 g/mol. The lowest BCUT2D eigenvalue weighted by molar-refractivity contribution is -0.274. The Labute approximate surface area is 158 Å². The van der Waals surface area contributed by atoms with Crippen LogP contribution >= 0.6 is 0 Å². The van der Waals surface area contributed by atoms with Gasteiger partial charge in [0.25, 0.3) is 11.8 Å². The Morgan fingerprint density at radius 2 is 1.64 bits per heavy atom. The number of alkyl carbamates (subject to hydrolysis) is 1. The second kappa shape index (κ2) is 9.26. The van der Waals surface area contributed by atoms with Crippen LogP contribution in [0, 0.1) is 0 Å². The molecule has 0 unspecified atom stereocenters. The molecular weight excluding hydrogens is 387 g/mol. The van der Waals surface area contributed by atoms with Crippen LogP contribution in [0.1, 0.15) is 31.1 Å². The molecule has 0 saturated heterocycles. The van der Waals surface area contributed by atoms with E-state index in [2.05, 4.69) is 10.1 Å². The van der Waals surface area contributed by atoms with Crippen LogP contribution < -0.4 is 20.9 Å². The number of hydrazine groups is 1. The van der Waals surface area contributed by atoms with Crippen molar-refractivity contribution in [1.82, 2.24) is 16.2 Å². The van der Waals surface area contributed by atoms with Crippen LogP contribution in [-0.2, 0) is 9.53 Å². The number of rotatable bonds is 5. The minimum absolute atomic E-state index is 0.0736. The number of alkyl halides is 3. The maximum absolute atomic E-state index is 12.1. The number of aliphatic hydroxyl groups is 1. The van der Waals surface area contributed by atoms with Crippen LogP contribution in [0.25, 0.3) is 0 Å². The molecule has 0 heterocycles. The molecule has 1 rings (SSSR count). The molecule has 0 spiro atoms. The van der Waals surface area contributed by atoms with Crippen molar-refractivity contribution in [2.75, 3.05) is 6.61 Å². The summed E-state index contributed by atoms with van der Waals surface area (Å²) in [7, 11) is 0. The number of amides is 3. The minimum atomic E-state index is -4.86. The number of hydrogen-bond acceptors (Lipinski definition) is 6. The van der Waals surface area contributed by atoms with Crippen LogP contribution in [0.15, 0.2) is 24.3 Å². The Morgan fingerprint density at radius 1 is 1.07 bits per heavy atom. The highest BCUT2D eigenvalue weighted by atomic mass is 19.4. The lowest BCUT2D eigenvalue weighted by Crippen LogP contribution is -2.54. The normalized spacial score (nSPS) is 12.5. The number of ether oxygens (including phenoxy) is 2. The van der Waals surface area contributed by atoms with E-state index in [1.807, 2.05) is 10.9 Å². The Hall–Kier alpha value is -3.02. The van der Waals surface area contributed by atoms with Gasteiger partial charge in [0.05, 0.1) is 6.61 Å². The molecule has 156 valence electrons. The van der Waals surface area contributed by atoms with Gasteiger partial charge in [0.2, 0.25) is 0 Å². The van der Waals surface area contributed by atoms with Gasteiger partial charge in [-0.2, -0.15) is 0 Å². The zero-order valence-electron chi connectivity index (χ0n) is 15.2. The van der Waals surface area contributed by atoms with E-state index in [1.54, 1.807) is 20.8 Å².